The van der Waals surface area contributed by atoms with E-state index in [1.54, 1.807) is 6.07 Å². The quantitative estimate of drug-likeness (QED) is 0.888. The predicted octanol–water partition coefficient (Wildman–Crippen LogP) is 4.41. The average Bonchev–Trinajstić information content (AvgIpc) is 2.79. The average molecular weight is 329 g/mol. The van der Waals surface area contributed by atoms with Crippen LogP contribution in [0.15, 0.2) is 22.7 Å². The van der Waals surface area contributed by atoms with E-state index in [0.29, 0.717) is 25.2 Å². The summed E-state index contributed by atoms with van der Waals surface area (Å²) in [5.74, 6) is -0.591. The zero-order valence-corrected chi connectivity index (χ0v) is 12.5. The fourth-order valence-corrected chi connectivity index (χ4v) is 3.45. The molecule has 104 valence electrons. The molecule has 1 saturated carbocycles. The van der Waals surface area contributed by atoms with Crippen LogP contribution in [0, 0.1) is 17.2 Å². The topological polar surface area (TPSA) is 37.3 Å². The van der Waals surface area contributed by atoms with Gasteiger partial charge in [0, 0.05) is 4.47 Å². The van der Waals surface area contributed by atoms with Gasteiger partial charge in [-0.3, -0.25) is 4.79 Å². The first-order chi connectivity index (χ1) is 8.97. The minimum atomic E-state index is -0.750. The third-order valence-corrected chi connectivity index (χ3v) is 5.05. The van der Waals surface area contributed by atoms with Gasteiger partial charge in [0.15, 0.2) is 0 Å². The first kappa shape index (κ1) is 14.5. The van der Waals surface area contributed by atoms with Gasteiger partial charge in [-0.05, 0) is 55.4 Å². The molecule has 0 amide bonds. The Balaban J connectivity index is 2.27. The number of hydrogen-bond donors (Lipinski definition) is 1. The Morgan fingerprint density at radius 1 is 1.58 bits per heavy atom. The molecule has 2 rings (SSSR count). The summed E-state index contributed by atoms with van der Waals surface area (Å²) in [6.07, 6.45) is 3.75. The number of rotatable bonds is 4. The third kappa shape index (κ3) is 2.99. The molecular formula is C15H18BrFO2. The largest absolute Gasteiger partial charge is 0.481 e. The van der Waals surface area contributed by atoms with E-state index in [1.807, 2.05) is 0 Å². The van der Waals surface area contributed by atoms with Crippen molar-refractivity contribution in [2.45, 2.75) is 39.0 Å². The number of benzene rings is 1. The second kappa shape index (κ2) is 5.61. The highest BCUT2D eigenvalue weighted by atomic mass is 79.9. The van der Waals surface area contributed by atoms with Gasteiger partial charge in [-0.1, -0.05) is 29.3 Å². The maximum Gasteiger partial charge on any atom is 0.309 e. The summed E-state index contributed by atoms with van der Waals surface area (Å²) in [7, 11) is 0. The summed E-state index contributed by atoms with van der Waals surface area (Å²) in [4.78, 5) is 11.7. The van der Waals surface area contributed by atoms with Gasteiger partial charge in [-0.15, -0.1) is 0 Å². The monoisotopic (exact) mass is 328 g/mol. The van der Waals surface area contributed by atoms with E-state index in [4.69, 9.17) is 0 Å². The van der Waals surface area contributed by atoms with Gasteiger partial charge in [0.1, 0.15) is 5.82 Å². The number of carboxylic acid groups (broad SMARTS) is 1. The van der Waals surface area contributed by atoms with E-state index < -0.39 is 11.4 Å². The molecule has 1 N–H and O–H groups in total. The molecule has 2 unspecified atom stereocenters. The summed E-state index contributed by atoms with van der Waals surface area (Å²) >= 11 is 3.38. The lowest BCUT2D eigenvalue weighted by atomic mass is 9.79. The van der Waals surface area contributed by atoms with Crippen LogP contribution in [0.4, 0.5) is 4.39 Å². The van der Waals surface area contributed by atoms with Gasteiger partial charge in [-0.2, -0.15) is 0 Å². The first-order valence-corrected chi connectivity index (χ1v) is 7.43. The standard InChI is InChI=1S/C15H18BrFO2/c1-2-10-5-6-15(8-10,14(18)19)9-11-7-12(17)3-4-13(11)16/h3-4,7,10H,2,5-6,8-9H2,1H3,(H,18,19). The normalized spacial score (nSPS) is 26.6. The smallest absolute Gasteiger partial charge is 0.309 e. The Labute approximate surface area is 121 Å². The molecule has 0 aliphatic heterocycles. The Kier molecular flexibility index (Phi) is 4.29. The van der Waals surface area contributed by atoms with Gasteiger partial charge in [0.2, 0.25) is 0 Å². The SMILES string of the molecule is CCC1CCC(Cc2cc(F)ccc2Br)(C(=O)O)C1. The fraction of sp³-hybridized carbons (Fsp3) is 0.533. The van der Waals surface area contributed by atoms with Crippen molar-refractivity contribution >= 4 is 21.9 Å². The van der Waals surface area contributed by atoms with Crippen molar-refractivity contribution in [3.05, 3.63) is 34.1 Å². The summed E-state index contributed by atoms with van der Waals surface area (Å²) in [6.45, 7) is 2.10. The molecular weight excluding hydrogens is 311 g/mol. The number of carbonyl (C=O) groups is 1. The lowest BCUT2D eigenvalue weighted by Gasteiger charge is -2.25. The highest BCUT2D eigenvalue weighted by Gasteiger charge is 2.45. The molecule has 0 bridgehead atoms. The van der Waals surface area contributed by atoms with Gasteiger partial charge >= 0.3 is 5.97 Å². The molecule has 0 spiro atoms. The van der Waals surface area contributed by atoms with Gasteiger partial charge in [0.05, 0.1) is 5.41 Å². The van der Waals surface area contributed by atoms with E-state index >= 15 is 0 Å². The minimum Gasteiger partial charge on any atom is -0.481 e. The fourth-order valence-electron chi connectivity index (χ4n) is 3.06. The molecule has 1 aliphatic carbocycles. The van der Waals surface area contributed by atoms with Crippen LogP contribution in [0.1, 0.15) is 38.2 Å². The van der Waals surface area contributed by atoms with Gasteiger partial charge in [0.25, 0.3) is 0 Å². The molecule has 1 aromatic carbocycles. The van der Waals surface area contributed by atoms with Crippen LogP contribution >= 0.6 is 15.9 Å². The van der Waals surface area contributed by atoms with Crippen molar-refractivity contribution in [2.75, 3.05) is 0 Å². The van der Waals surface area contributed by atoms with Crippen LogP contribution < -0.4 is 0 Å². The van der Waals surface area contributed by atoms with E-state index in [9.17, 15) is 14.3 Å². The maximum atomic E-state index is 13.3. The molecule has 1 fully saturated rings. The zero-order valence-electron chi connectivity index (χ0n) is 11.0. The molecule has 1 aromatic rings. The number of aliphatic carboxylic acids is 1. The molecule has 19 heavy (non-hydrogen) atoms. The molecule has 4 heteroatoms. The molecule has 0 saturated heterocycles. The summed E-state index contributed by atoms with van der Waals surface area (Å²) in [5, 5.41) is 9.59. The van der Waals surface area contributed by atoms with E-state index in [2.05, 4.69) is 22.9 Å². The molecule has 0 aromatic heterocycles. The summed E-state index contributed by atoms with van der Waals surface area (Å²) in [5.41, 5.74) is 0.0240. The van der Waals surface area contributed by atoms with E-state index in [0.717, 1.165) is 22.9 Å². The Hall–Kier alpha value is -0.900. The maximum absolute atomic E-state index is 13.3. The van der Waals surface area contributed by atoms with Crippen molar-refractivity contribution in [3.8, 4) is 0 Å². The van der Waals surface area contributed by atoms with Crippen molar-refractivity contribution in [1.82, 2.24) is 0 Å². The summed E-state index contributed by atoms with van der Waals surface area (Å²) in [6, 6.07) is 4.46. The van der Waals surface area contributed by atoms with Crippen LogP contribution in [0.2, 0.25) is 0 Å². The van der Waals surface area contributed by atoms with Crippen LogP contribution in [0.5, 0.6) is 0 Å². The summed E-state index contributed by atoms with van der Waals surface area (Å²) < 4.78 is 14.1. The lowest BCUT2D eigenvalue weighted by molar-refractivity contribution is -0.148. The van der Waals surface area contributed by atoms with Gasteiger partial charge < -0.3 is 5.11 Å². The highest BCUT2D eigenvalue weighted by molar-refractivity contribution is 9.10. The van der Waals surface area contributed by atoms with Crippen molar-refractivity contribution in [2.24, 2.45) is 11.3 Å². The molecule has 0 radical (unpaired) electrons. The van der Waals surface area contributed by atoms with Gasteiger partial charge in [-0.25, -0.2) is 4.39 Å². The Morgan fingerprint density at radius 2 is 2.32 bits per heavy atom. The molecule has 1 aliphatic rings. The zero-order chi connectivity index (χ0) is 14.0. The van der Waals surface area contributed by atoms with Crippen molar-refractivity contribution < 1.29 is 14.3 Å². The van der Waals surface area contributed by atoms with Crippen LogP contribution in [-0.4, -0.2) is 11.1 Å². The van der Waals surface area contributed by atoms with E-state index in [-0.39, 0.29) is 5.82 Å². The lowest BCUT2D eigenvalue weighted by Crippen LogP contribution is -2.31. The Bertz CT molecular complexity index is 489. The van der Waals surface area contributed by atoms with Crippen LogP contribution in [-0.2, 0) is 11.2 Å². The Morgan fingerprint density at radius 3 is 2.89 bits per heavy atom. The number of hydrogen-bond acceptors (Lipinski definition) is 1. The second-order valence-corrected chi connectivity index (χ2v) is 6.37. The number of halogens is 2. The van der Waals surface area contributed by atoms with Crippen LogP contribution in [0.25, 0.3) is 0 Å². The highest BCUT2D eigenvalue weighted by Crippen LogP contribution is 2.46. The molecule has 2 atom stereocenters. The van der Waals surface area contributed by atoms with Crippen molar-refractivity contribution in [3.63, 3.8) is 0 Å². The van der Waals surface area contributed by atoms with Crippen LogP contribution in [0.3, 0.4) is 0 Å². The second-order valence-electron chi connectivity index (χ2n) is 5.52. The molecule has 2 nitrogen and oxygen atoms in total. The first-order valence-electron chi connectivity index (χ1n) is 6.64. The molecule has 0 heterocycles. The number of carboxylic acids is 1. The van der Waals surface area contributed by atoms with Crippen molar-refractivity contribution in [1.29, 1.82) is 0 Å². The third-order valence-electron chi connectivity index (χ3n) is 4.28. The minimum absolute atomic E-state index is 0.316. The predicted molar refractivity (Wildman–Crippen MR) is 75.5 cm³/mol. The van der Waals surface area contributed by atoms with E-state index in [1.165, 1.54) is 12.1 Å².